The Morgan fingerprint density at radius 3 is 0.857 bits per heavy atom. The Kier molecular flexibility index (Phi) is 22.5. The van der Waals surface area contributed by atoms with Crippen LogP contribution in [-0.2, 0) is 19.2 Å². The van der Waals surface area contributed by atoms with Gasteiger partial charge < -0.3 is 39.4 Å². The highest BCUT2D eigenvalue weighted by Crippen LogP contribution is 2.58. The van der Waals surface area contributed by atoms with E-state index < -0.39 is 72.4 Å². The Morgan fingerprint density at radius 2 is 0.625 bits per heavy atom. The number of fused-ring (bicyclic) bond motifs is 2. The average Bonchev–Trinajstić information content (AvgIpc) is 0.671. The van der Waals surface area contributed by atoms with E-state index in [2.05, 4.69) is 79.2 Å². The van der Waals surface area contributed by atoms with Crippen molar-refractivity contribution in [3.8, 4) is 46.0 Å². The molecular weight excluding hydrogens is 1450 g/mol. The number of ether oxygens (including phenoxy) is 4. The number of nitrogens with one attached hydrogen (secondary N) is 2. The van der Waals surface area contributed by atoms with Crippen molar-refractivity contribution in [2.24, 2.45) is 0 Å². The molecule has 20 heteroatoms. The molecule has 8 amide bonds. The lowest BCUT2D eigenvalue weighted by Crippen LogP contribution is -2.49. The Bertz CT molecular complexity index is 5060. The molecule has 2 aliphatic rings. The molecule has 2 unspecified atom stereocenters. The van der Waals surface area contributed by atoms with E-state index in [1.165, 1.54) is 9.80 Å². The fourth-order valence-corrected chi connectivity index (χ4v) is 15.1. The molecule has 0 bridgehead atoms. The predicted molar refractivity (Wildman–Crippen MR) is 439 cm³/mol. The molecule has 11 aromatic carbocycles. The van der Waals surface area contributed by atoms with Crippen LogP contribution in [0.15, 0.2) is 193 Å². The monoisotopic (exact) mass is 1540 g/mol. The van der Waals surface area contributed by atoms with Gasteiger partial charge in [-0.1, -0.05) is 200 Å². The summed E-state index contributed by atoms with van der Waals surface area (Å²) in [6, 6.07) is 50.2. The number of hydrogen-bond donors (Lipinski definition) is 2. The van der Waals surface area contributed by atoms with E-state index in [0.29, 0.717) is 23.0 Å². The summed E-state index contributed by atoms with van der Waals surface area (Å²) < 4.78 is 29.2. The predicted octanol–water partition coefficient (Wildman–Crippen LogP) is 20.1. The first-order chi connectivity index (χ1) is 53.5. The molecule has 11 aromatic rings. The zero-order valence-electron chi connectivity index (χ0n) is 64.7. The Labute approximate surface area is 661 Å². The van der Waals surface area contributed by atoms with Gasteiger partial charge >= 0.3 is 0 Å². The van der Waals surface area contributed by atoms with Crippen LogP contribution in [0.1, 0.15) is 191 Å². The lowest BCUT2D eigenvalue weighted by Gasteiger charge is -2.35. The number of aryl methyl sites for hydroxylation is 2. The van der Waals surface area contributed by atoms with E-state index in [-0.39, 0.29) is 148 Å². The van der Waals surface area contributed by atoms with Gasteiger partial charge in [-0.05, 0) is 158 Å². The van der Waals surface area contributed by atoms with Crippen LogP contribution < -0.4 is 29.6 Å². The third-order valence-electron chi connectivity index (χ3n) is 21.1. The van der Waals surface area contributed by atoms with Crippen LogP contribution in [0.4, 0.5) is 0 Å². The minimum absolute atomic E-state index is 0.0361. The van der Waals surface area contributed by atoms with Gasteiger partial charge in [0, 0.05) is 69.3 Å². The molecule has 112 heavy (non-hydrogen) atoms. The van der Waals surface area contributed by atoms with Crippen LogP contribution in [0.25, 0.3) is 43.1 Å². The quantitative estimate of drug-likeness (QED) is 0.0203. The maximum atomic E-state index is 16.3. The summed E-state index contributed by atoms with van der Waals surface area (Å²) in [6.07, 6.45) is 0. The fraction of sp³-hybridized carbons (Fsp3) is 0.261. The molecule has 0 saturated heterocycles. The molecule has 0 fully saturated rings. The van der Waals surface area contributed by atoms with Crippen molar-refractivity contribution >= 4 is 114 Å². The first-order valence-corrected chi connectivity index (χ1v) is 38.4. The van der Waals surface area contributed by atoms with Crippen LogP contribution in [0.5, 0.6) is 46.0 Å². The topological polar surface area (TPSA) is 210 Å². The number of rotatable bonds is 28. The zero-order valence-corrected chi connectivity index (χ0v) is 66.2. The molecule has 0 aromatic heterocycles. The molecule has 0 radical (unpaired) electrons. The van der Waals surface area contributed by atoms with E-state index in [1.54, 1.807) is 24.3 Å². The highest BCUT2D eigenvalue weighted by molar-refractivity contribution is 6.45. The van der Waals surface area contributed by atoms with Gasteiger partial charge in [0.2, 0.25) is 11.8 Å². The number of carbonyl (C=O) groups excluding carboxylic acids is 8. The Hall–Kier alpha value is -11.9. The van der Waals surface area contributed by atoms with E-state index in [4.69, 9.17) is 42.1 Å². The van der Waals surface area contributed by atoms with Gasteiger partial charge in [0.25, 0.3) is 35.4 Å². The van der Waals surface area contributed by atoms with Gasteiger partial charge in [0.1, 0.15) is 59.1 Å². The molecule has 2 N–H and O–H groups in total. The lowest BCUT2D eigenvalue weighted by molar-refractivity contribution is -0.134. The van der Waals surface area contributed by atoms with Crippen LogP contribution in [-0.4, -0.2) is 106 Å². The Morgan fingerprint density at radius 1 is 0.366 bits per heavy atom. The second-order valence-corrected chi connectivity index (χ2v) is 31.0. The molecule has 0 spiro atoms. The second-order valence-electron chi connectivity index (χ2n) is 30.1. The van der Waals surface area contributed by atoms with Gasteiger partial charge in [-0.25, -0.2) is 0 Å². The van der Waals surface area contributed by atoms with Crippen LogP contribution >= 0.6 is 23.2 Å². The molecule has 13 rings (SSSR count). The first-order valence-electron chi connectivity index (χ1n) is 37.6. The third-order valence-corrected chi connectivity index (χ3v) is 21.5. The average molecular weight is 1540 g/mol. The van der Waals surface area contributed by atoms with Crippen molar-refractivity contribution in [3.63, 3.8) is 0 Å². The van der Waals surface area contributed by atoms with E-state index >= 15 is 28.8 Å². The van der Waals surface area contributed by atoms with Gasteiger partial charge in [-0.15, -0.1) is 0 Å². The van der Waals surface area contributed by atoms with Gasteiger partial charge in [-0.2, -0.15) is 0 Å². The van der Waals surface area contributed by atoms with Gasteiger partial charge in [0.05, 0.1) is 44.4 Å². The summed E-state index contributed by atoms with van der Waals surface area (Å²) in [4.78, 5) is 127. The van der Waals surface area contributed by atoms with Crippen molar-refractivity contribution in [1.82, 2.24) is 30.2 Å². The third kappa shape index (κ3) is 15.5. The fourth-order valence-electron chi connectivity index (χ4n) is 14.9. The lowest BCUT2D eigenvalue weighted by atomic mass is 9.80. The number of nitrogens with zero attached hydrogens (tertiary/aromatic N) is 4. The smallest absolute Gasteiger partial charge is 0.262 e. The molecule has 0 saturated carbocycles. The van der Waals surface area contributed by atoms with Gasteiger partial charge in [-0.3, -0.25) is 48.2 Å². The standard InChI is InChI=1S/C92H88Cl2N6O12/c1-49(2)59-21-29-65(30-22-59)109-73-43-69-79-70(90(106)99(89(69)105)47-77(101)97(39-37-95-87(103)55(11)93)57(13)63-19-15-17-53(9)41-63)45-75(111-67-33-25-61(26-34-67)51(5)6)83-84-76(112-68-35-27-62(28-36-68)52(7)8)46-72-80-71(44-74(82(86(80)84)81(73)85(79)83)110-66-31-23-60(24-32-66)50(3)4)91(107)100(92(72)108)48-78(102)98(40-38-96-88(104)56(12)94)58(14)64-20-16-18-54(10)42-64/h15-36,41-46,49-52,57-58H,11-12,37-40,47-48H2,1-10,13-14H3,(H,95,103)(H,96,104). The SMILES string of the molecule is C=C(Cl)C(=O)NCCN(C(=O)CN1C(=O)c2cc(Oc3ccc(C(C)C)cc3)c3c4c(Oc5ccc(C(C)C)cc5)cc5c6c(cc(Oc7ccc(C(C)C)cc7)c(c7c(Oc8ccc(C(C)C)cc8)cc(c2c37)C1=O)c64)C(=O)N(CC(=O)N(CCNC(=O)C(=C)Cl)C(C)c1cccc(C)c1)C5=O)C(C)c1cccc(C)c1. The molecule has 2 aliphatic heterocycles. The number of imide groups is 2. The Balaban J connectivity index is 1.12. The maximum Gasteiger partial charge on any atom is 0.262 e. The molecular formula is C92H88Cl2N6O12. The van der Waals surface area contributed by atoms with E-state index in [9.17, 15) is 9.59 Å². The first kappa shape index (κ1) is 78.3. The summed E-state index contributed by atoms with van der Waals surface area (Å²) in [5, 5.41) is 6.75. The summed E-state index contributed by atoms with van der Waals surface area (Å²) in [6.45, 7) is 29.4. The van der Waals surface area contributed by atoms with Gasteiger partial charge in [0.15, 0.2) is 0 Å². The minimum Gasteiger partial charge on any atom is -0.457 e. The number of amides is 8. The van der Waals surface area contributed by atoms with E-state index in [0.717, 1.165) is 54.3 Å². The van der Waals surface area contributed by atoms with Crippen LogP contribution in [0.2, 0.25) is 0 Å². The van der Waals surface area contributed by atoms with Crippen molar-refractivity contribution in [2.45, 2.75) is 119 Å². The van der Waals surface area contributed by atoms with Crippen molar-refractivity contribution in [1.29, 1.82) is 0 Å². The summed E-state index contributed by atoms with van der Waals surface area (Å²) in [5.74, 6) is -3.88. The molecule has 0 aliphatic carbocycles. The second kappa shape index (κ2) is 32.2. The highest BCUT2D eigenvalue weighted by atomic mass is 35.5. The highest BCUT2D eigenvalue weighted by Gasteiger charge is 2.44. The van der Waals surface area contributed by atoms with Crippen molar-refractivity contribution in [3.05, 3.63) is 260 Å². The largest absolute Gasteiger partial charge is 0.457 e. The van der Waals surface area contributed by atoms with E-state index in [1.807, 2.05) is 173 Å². The van der Waals surface area contributed by atoms with Crippen LogP contribution in [0.3, 0.4) is 0 Å². The molecule has 2 heterocycles. The number of benzene rings is 11. The molecule has 572 valence electrons. The van der Waals surface area contributed by atoms with Crippen molar-refractivity contribution < 1.29 is 57.3 Å². The number of carbonyl (C=O) groups is 8. The van der Waals surface area contributed by atoms with Crippen LogP contribution in [0, 0.1) is 13.8 Å². The molecule has 18 nitrogen and oxygen atoms in total. The number of hydrogen-bond acceptors (Lipinski definition) is 12. The van der Waals surface area contributed by atoms with Crippen molar-refractivity contribution in [2.75, 3.05) is 39.3 Å². The number of halogens is 2. The summed E-state index contributed by atoms with van der Waals surface area (Å²) in [5.41, 5.74) is 7.22. The summed E-state index contributed by atoms with van der Waals surface area (Å²) >= 11 is 12.0. The maximum absolute atomic E-state index is 16.3. The minimum atomic E-state index is -0.848. The normalized spacial score (nSPS) is 13.3. The summed E-state index contributed by atoms with van der Waals surface area (Å²) in [7, 11) is 0. The molecule has 2 atom stereocenters. The zero-order chi connectivity index (χ0) is 80.0.